The van der Waals surface area contributed by atoms with Crippen molar-refractivity contribution in [3.63, 3.8) is 0 Å². The van der Waals surface area contributed by atoms with Crippen LogP contribution in [0.5, 0.6) is 0 Å². The zero-order chi connectivity index (χ0) is 13.9. The first kappa shape index (κ1) is 14.4. The van der Waals surface area contributed by atoms with Crippen LogP contribution < -0.4 is 10.6 Å². The van der Waals surface area contributed by atoms with E-state index in [1.165, 1.54) is 18.0 Å². The van der Waals surface area contributed by atoms with Crippen LogP contribution >= 0.6 is 11.5 Å². The van der Waals surface area contributed by atoms with Crippen molar-refractivity contribution < 1.29 is 4.79 Å². The first-order chi connectivity index (χ1) is 8.98. The molecule has 1 saturated heterocycles. The van der Waals surface area contributed by atoms with E-state index in [0.717, 1.165) is 31.7 Å². The summed E-state index contributed by atoms with van der Waals surface area (Å²) in [6.45, 7) is 9.05. The van der Waals surface area contributed by atoms with Crippen molar-refractivity contribution in [3.05, 3.63) is 10.6 Å². The van der Waals surface area contributed by atoms with Gasteiger partial charge in [0.15, 0.2) is 0 Å². The number of carbonyl (C=O) groups is 1. The van der Waals surface area contributed by atoms with Crippen LogP contribution in [0.1, 0.15) is 49.0 Å². The van der Waals surface area contributed by atoms with Crippen LogP contribution in [0.15, 0.2) is 0 Å². The molecule has 0 radical (unpaired) electrons. The number of rotatable bonds is 4. The highest BCUT2D eigenvalue weighted by atomic mass is 32.1. The summed E-state index contributed by atoms with van der Waals surface area (Å²) in [6, 6.07) is 0. The molecular weight excluding hydrogens is 260 g/mol. The first-order valence-corrected chi connectivity index (χ1v) is 7.57. The molecule has 1 amide bonds. The molecule has 1 aliphatic heterocycles. The molecule has 1 unspecified atom stereocenters. The van der Waals surface area contributed by atoms with Crippen LogP contribution in [-0.2, 0) is 5.41 Å². The molecule has 2 heterocycles. The smallest absolute Gasteiger partial charge is 0.264 e. The Kier molecular flexibility index (Phi) is 4.52. The highest BCUT2D eigenvalue weighted by molar-refractivity contribution is 7.08. The predicted octanol–water partition coefficient (Wildman–Crippen LogP) is 1.56. The van der Waals surface area contributed by atoms with Crippen LogP contribution in [-0.4, -0.2) is 35.1 Å². The van der Waals surface area contributed by atoms with Crippen LogP contribution in [0.3, 0.4) is 0 Å². The van der Waals surface area contributed by atoms with Crippen molar-refractivity contribution in [2.45, 2.75) is 39.0 Å². The molecule has 0 spiro atoms. The Balaban J connectivity index is 1.87. The molecule has 2 N–H and O–H groups in total. The number of hydrogen-bond acceptors (Lipinski definition) is 5. The average molecular weight is 282 g/mol. The molecule has 0 aromatic carbocycles. The van der Waals surface area contributed by atoms with E-state index in [9.17, 15) is 4.79 Å². The fraction of sp³-hybridized carbons (Fsp3) is 0.769. The van der Waals surface area contributed by atoms with Gasteiger partial charge in [-0.3, -0.25) is 4.79 Å². The van der Waals surface area contributed by atoms with Gasteiger partial charge >= 0.3 is 0 Å². The summed E-state index contributed by atoms with van der Waals surface area (Å²) in [5.74, 6) is 0.660. The molecule has 1 aliphatic rings. The van der Waals surface area contributed by atoms with Gasteiger partial charge in [-0.15, -0.1) is 5.10 Å². The van der Waals surface area contributed by atoms with Crippen molar-refractivity contribution in [1.82, 2.24) is 20.2 Å². The number of hydrogen-bond donors (Lipinski definition) is 2. The topological polar surface area (TPSA) is 66.9 Å². The molecular formula is C13H22N4OS. The molecule has 1 aromatic rings. The molecule has 2 rings (SSSR count). The van der Waals surface area contributed by atoms with Crippen molar-refractivity contribution in [1.29, 1.82) is 0 Å². The Morgan fingerprint density at radius 1 is 1.53 bits per heavy atom. The second-order valence-corrected chi connectivity index (χ2v) is 6.86. The minimum atomic E-state index is -0.144. The molecule has 0 aliphatic carbocycles. The second-order valence-electron chi connectivity index (χ2n) is 6.10. The van der Waals surface area contributed by atoms with Gasteiger partial charge in [0, 0.05) is 12.0 Å². The summed E-state index contributed by atoms with van der Waals surface area (Å²) in [7, 11) is 0. The van der Waals surface area contributed by atoms with Crippen LogP contribution in [0, 0.1) is 5.92 Å². The van der Waals surface area contributed by atoms with E-state index in [2.05, 4.69) is 20.2 Å². The summed E-state index contributed by atoms with van der Waals surface area (Å²) < 4.78 is 3.92. The molecule has 1 atom stereocenters. The summed E-state index contributed by atoms with van der Waals surface area (Å²) in [5.41, 5.74) is 0.646. The summed E-state index contributed by atoms with van der Waals surface area (Å²) in [4.78, 5) is 12.8. The van der Waals surface area contributed by atoms with Crippen LogP contribution in [0.4, 0.5) is 0 Å². The minimum absolute atomic E-state index is 0.0362. The van der Waals surface area contributed by atoms with Crippen molar-refractivity contribution in [3.8, 4) is 0 Å². The van der Waals surface area contributed by atoms with E-state index in [0.29, 0.717) is 10.8 Å². The van der Waals surface area contributed by atoms with Gasteiger partial charge in [-0.1, -0.05) is 25.3 Å². The van der Waals surface area contributed by atoms with E-state index in [4.69, 9.17) is 0 Å². The van der Waals surface area contributed by atoms with Crippen molar-refractivity contribution in [2.75, 3.05) is 19.6 Å². The zero-order valence-corrected chi connectivity index (χ0v) is 12.6. The largest absolute Gasteiger partial charge is 0.351 e. The second kappa shape index (κ2) is 5.96. The number of carbonyl (C=O) groups excluding carboxylic acids is 1. The third-order valence-electron chi connectivity index (χ3n) is 3.41. The van der Waals surface area contributed by atoms with E-state index in [1.54, 1.807) is 0 Å². The van der Waals surface area contributed by atoms with Gasteiger partial charge in [-0.25, -0.2) is 0 Å². The molecule has 0 bridgehead atoms. The number of aromatic nitrogens is 2. The lowest BCUT2D eigenvalue weighted by Crippen LogP contribution is -2.28. The SMILES string of the molecule is CC(C)(C)c1nnsc1C(=O)NCCC1CCNC1. The number of nitrogens with zero attached hydrogens (tertiary/aromatic N) is 2. The monoisotopic (exact) mass is 282 g/mol. The number of nitrogens with one attached hydrogen (secondary N) is 2. The fourth-order valence-electron chi connectivity index (χ4n) is 2.26. The summed E-state index contributed by atoms with van der Waals surface area (Å²) in [5, 5.41) is 10.4. The molecule has 19 heavy (non-hydrogen) atoms. The lowest BCUT2D eigenvalue weighted by Gasteiger charge is -2.16. The summed E-state index contributed by atoms with van der Waals surface area (Å²) >= 11 is 1.18. The summed E-state index contributed by atoms with van der Waals surface area (Å²) in [6.07, 6.45) is 2.25. The Labute approximate surface area is 118 Å². The Morgan fingerprint density at radius 2 is 2.32 bits per heavy atom. The van der Waals surface area contributed by atoms with E-state index in [-0.39, 0.29) is 11.3 Å². The quantitative estimate of drug-likeness (QED) is 0.879. The highest BCUT2D eigenvalue weighted by Crippen LogP contribution is 2.25. The van der Waals surface area contributed by atoms with E-state index < -0.39 is 0 Å². The third-order valence-corrected chi connectivity index (χ3v) is 4.13. The molecule has 5 nitrogen and oxygen atoms in total. The molecule has 1 aromatic heterocycles. The van der Waals surface area contributed by atoms with Gasteiger partial charge in [0.25, 0.3) is 5.91 Å². The molecule has 1 fully saturated rings. The van der Waals surface area contributed by atoms with Gasteiger partial charge in [0.2, 0.25) is 0 Å². The maximum absolute atomic E-state index is 12.2. The maximum atomic E-state index is 12.2. The fourth-order valence-corrected chi connectivity index (χ4v) is 3.05. The van der Waals surface area contributed by atoms with Gasteiger partial charge in [0.1, 0.15) is 4.88 Å². The van der Waals surface area contributed by atoms with E-state index in [1.807, 2.05) is 20.8 Å². The van der Waals surface area contributed by atoms with Gasteiger partial charge in [0.05, 0.1) is 5.69 Å². The lowest BCUT2D eigenvalue weighted by molar-refractivity contribution is 0.0953. The Hall–Kier alpha value is -1.01. The third kappa shape index (κ3) is 3.73. The van der Waals surface area contributed by atoms with E-state index >= 15 is 0 Å². The molecule has 0 saturated carbocycles. The zero-order valence-electron chi connectivity index (χ0n) is 11.8. The normalized spacial score (nSPS) is 19.6. The van der Waals surface area contributed by atoms with Crippen molar-refractivity contribution in [2.24, 2.45) is 5.92 Å². The average Bonchev–Trinajstić information content (AvgIpc) is 2.98. The van der Waals surface area contributed by atoms with Gasteiger partial charge < -0.3 is 10.6 Å². The van der Waals surface area contributed by atoms with Crippen LogP contribution in [0.2, 0.25) is 0 Å². The van der Waals surface area contributed by atoms with Crippen LogP contribution in [0.25, 0.3) is 0 Å². The lowest BCUT2D eigenvalue weighted by atomic mass is 9.91. The standard InChI is InChI=1S/C13H22N4OS/c1-13(2,3)11-10(19-17-16-11)12(18)15-7-5-9-4-6-14-8-9/h9,14H,4-8H2,1-3H3,(H,15,18). The maximum Gasteiger partial charge on any atom is 0.264 e. The Morgan fingerprint density at radius 3 is 2.95 bits per heavy atom. The van der Waals surface area contributed by atoms with Crippen molar-refractivity contribution >= 4 is 17.4 Å². The van der Waals surface area contributed by atoms with Gasteiger partial charge in [-0.2, -0.15) is 0 Å². The highest BCUT2D eigenvalue weighted by Gasteiger charge is 2.26. The molecule has 106 valence electrons. The first-order valence-electron chi connectivity index (χ1n) is 6.80. The predicted molar refractivity (Wildman–Crippen MR) is 76.5 cm³/mol. The molecule has 6 heteroatoms. The van der Waals surface area contributed by atoms with Gasteiger partial charge in [-0.05, 0) is 43.4 Å². The minimum Gasteiger partial charge on any atom is -0.351 e. The Bertz CT molecular complexity index is 432. The number of amides is 1.